The summed E-state index contributed by atoms with van der Waals surface area (Å²) in [6.45, 7) is 2.36. The van der Waals surface area contributed by atoms with E-state index in [9.17, 15) is 8.42 Å². The van der Waals surface area contributed by atoms with E-state index in [0.717, 1.165) is 21.3 Å². The van der Waals surface area contributed by atoms with Crippen molar-refractivity contribution in [1.29, 1.82) is 0 Å². The number of aryl methyl sites for hydroxylation is 1. The minimum absolute atomic E-state index is 0.164. The van der Waals surface area contributed by atoms with Crippen LogP contribution < -0.4 is 4.74 Å². The fraction of sp³-hybridized carbons (Fsp3) is 0.333. The number of hydrogen-bond donors (Lipinski definition) is 0. The summed E-state index contributed by atoms with van der Waals surface area (Å²) in [6, 6.07) is 14.1. The highest BCUT2D eigenvalue weighted by atomic mass is 79.9. The van der Waals surface area contributed by atoms with E-state index in [-0.39, 0.29) is 18.0 Å². The summed E-state index contributed by atoms with van der Waals surface area (Å²) in [6.07, 6.45) is 0.647. The third kappa shape index (κ3) is 5.54. The molecule has 0 saturated heterocycles. The van der Waals surface area contributed by atoms with Gasteiger partial charge >= 0.3 is 0 Å². The molecule has 136 valence electrons. The highest BCUT2D eigenvalue weighted by Gasteiger charge is 2.25. The van der Waals surface area contributed by atoms with Crippen molar-refractivity contribution in [1.82, 2.24) is 4.47 Å². The Hall–Kier alpha value is -1.41. The second kappa shape index (κ2) is 9.33. The maximum atomic E-state index is 12.8. The summed E-state index contributed by atoms with van der Waals surface area (Å²) in [5, 5.41) is 0.693. The van der Waals surface area contributed by atoms with Gasteiger partial charge in [-0.1, -0.05) is 50.2 Å². The van der Waals surface area contributed by atoms with Crippen LogP contribution in [-0.2, 0) is 21.5 Å². The molecule has 0 bridgehead atoms. The van der Waals surface area contributed by atoms with Gasteiger partial charge in [0.2, 0.25) is 0 Å². The molecule has 2 aromatic carbocycles. The Kier molecular flexibility index (Phi) is 7.43. The van der Waals surface area contributed by atoms with Crippen LogP contribution in [0.1, 0.15) is 17.5 Å². The lowest BCUT2D eigenvalue weighted by Crippen LogP contribution is -2.32. The van der Waals surface area contributed by atoms with Gasteiger partial charge in [-0.15, -0.1) is 0 Å². The second-order valence-electron chi connectivity index (χ2n) is 5.51. The molecule has 0 radical (unpaired) electrons. The lowest BCUT2D eigenvalue weighted by Gasteiger charge is -2.21. The maximum Gasteiger partial charge on any atom is 0.265 e. The van der Waals surface area contributed by atoms with Gasteiger partial charge in [0.15, 0.2) is 0 Å². The van der Waals surface area contributed by atoms with E-state index in [1.165, 1.54) is 0 Å². The average Bonchev–Trinajstić information content (AvgIpc) is 2.62. The van der Waals surface area contributed by atoms with Crippen LogP contribution in [-0.4, -0.2) is 31.9 Å². The molecule has 0 heterocycles. The van der Waals surface area contributed by atoms with Gasteiger partial charge in [-0.2, -0.15) is 0 Å². The van der Waals surface area contributed by atoms with Gasteiger partial charge in [0.1, 0.15) is 5.75 Å². The standard InChI is InChI=1S/C18H22BrNO4S/c1-15-4-10-18(11-5-15)25(21,22)20(13-3-12-19)24-14-16-6-8-17(23-2)9-7-16/h4-11H,3,12-14H2,1-2H3. The molecular weight excluding hydrogens is 406 g/mol. The SMILES string of the molecule is COc1ccc(CON(CCCBr)S(=O)(=O)c2ccc(C)cc2)cc1. The first-order chi connectivity index (χ1) is 12.0. The molecule has 0 aliphatic heterocycles. The quantitative estimate of drug-likeness (QED) is 0.449. The van der Waals surface area contributed by atoms with E-state index < -0.39 is 10.0 Å². The van der Waals surface area contributed by atoms with Crippen molar-refractivity contribution < 1.29 is 18.0 Å². The van der Waals surface area contributed by atoms with Crippen molar-refractivity contribution in [3.05, 3.63) is 59.7 Å². The van der Waals surface area contributed by atoms with Crippen molar-refractivity contribution in [2.75, 3.05) is 19.0 Å². The van der Waals surface area contributed by atoms with E-state index in [0.29, 0.717) is 11.8 Å². The number of rotatable bonds is 9. The molecule has 2 rings (SSSR count). The summed E-state index contributed by atoms with van der Waals surface area (Å²) >= 11 is 3.33. The number of methoxy groups -OCH3 is 1. The summed E-state index contributed by atoms with van der Waals surface area (Å²) in [5.74, 6) is 0.743. The van der Waals surface area contributed by atoms with Gasteiger partial charge in [0.05, 0.1) is 18.6 Å². The average molecular weight is 428 g/mol. The van der Waals surface area contributed by atoms with Crippen molar-refractivity contribution in [2.24, 2.45) is 0 Å². The van der Waals surface area contributed by atoms with E-state index in [1.807, 2.05) is 31.2 Å². The Morgan fingerprint density at radius 2 is 1.68 bits per heavy atom. The number of hydroxylamine groups is 1. The molecule has 0 fully saturated rings. The largest absolute Gasteiger partial charge is 0.497 e. The minimum Gasteiger partial charge on any atom is -0.497 e. The molecule has 0 aliphatic rings. The molecule has 0 spiro atoms. The molecule has 0 unspecified atom stereocenters. The van der Waals surface area contributed by atoms with Gasteiger partial charge in [-0.05, 0) is 43.2 Å². The Morgan fingerprint density at radius 1 is 1.04 bits per heavy atom. The topological polar surface area (TPSA) is 55.8 Å². The fourth-order valence-electron chi connectivity index (χ4n) is 2.14. The first-order valence-electron chi connectivity index (χ1n) is 7.88. The molecule has 0 amide bonds. The monoisotopic (exact) mass is 427 g/mol. The zero-order valence-corrected chi connectivity index (χ0v) is 16.7. The lowest BCUT2D eigenvalue weighted by molar-refractivity contribution is -0.0957. The highest BCUT2D eigenvalue weighted by Crippen LogP contribution is 2.19. The van der Waals surface area contributed by atoms with E-state index in [4.69, 9.17) is 9.57 Å². The zero-order chi connectivity index (χ0) is 18.3. The third-order valence-corrected chi connectivity index (χ3v) is 5.85. The van der Waals surface area contributed by atoms with Crippen LogP contribution in [0, 0.1) is 6.92 Å². The van der Waals surface area contributed by atoms with Crippen molar-refractivity contribution in [2.45, 2.75) is 24.8 Å². The van der Waals surface area contributed by atoms with Crippen LogP contribution in [0.4, 0.5) is 0 Å². The van der Waals surface area contributed by atoms with Gasteiger partial charge in [-0.25, -0.2) is 8.42 Å². The molecule has 0 aromatic heterocycles. The van der Waals surface area contributed by atoms with Crippen LogP contribution in [0.25, 0.3) is 0 Å². The zero-order valence-electron chi connectivity index (χ0n) is 14.3. The number of ether oxygens (including phenoxy) is 1. The fourth-order valence-corrected chi connectivity index (χ4v) is 3.67. The van der Waals surface area contributed by atoms with E-state index in [2.05, 4.69) is 15.9 Å². The Balaban J connectivity index is 2.15. The smallest absolute Gasteiger partial charge is 0.265 e. The third-order valence-electron chi connectivity index (χ3n) is 3.60. The Labute approximate surface area is 157 Å². The molecule has 0 aliphatic carbocycles. The van der Waals surface area contributed by atoms with Crippen molar-refractivity contribution in [3.8, 4) is 5.75 Å². The summed E-state index contributed by atoms with van der Waals surface area (Å²) in [7, 11) is -2.11. The molecule has 25 heavy (non-hydrogen) atoms. The van der Waals surface area contributed by atoms with E-state index in [1.54, 1.807) is 31.4 Å². The first kappa shape index (κ1) is 19.9. The number of nitrogens with zero attached hydrogens (tertiary/aromatic N) is 1. The van der Waals surface area contributed by atoms with Gasteiger partial charge in [0, 0.05) is 11.9 Å². The Morgan fingerprint density at radius 3 is 2.24 bits per heavy atom. The van der Waals surface area contributed by atoms with Crippen LogP contribution in [0.15, 0.2) is 53.4 Å². The predicted molar refractivity (Wildman–Crippen MR) is 101 cm³/mol. The van der Waals surface area contributed by atoms with Gasteiger partial charge in [-0.3, -0.25) is 4.84 Å². The van der Waals surface area contributed by atoms with Crippen molar-refractivity contribution >= 4 is 26.0 Å². The van der Waals surface area contributed by atoms with Gasteiger partial charge in [0.25, 0.3) is 10.0 Å². The first-order valence-corrected chi connectivity index (χ1v) is 10.4. The molecule has 0 atom stereocenters. The number of hydrogen-bond acceptors (Lipinski definition) is 4. The molecule has 7 heteroatoms. The summed E-state index contributed by atoms with van der Waals surface area (Å²) < 4.78 is 31.9. The highest BCUT2D eigenvalue weighted by molar-refractivity contribution is 9.09. The molecule has 0 N–H and O–H groups in total. The minimum atomic E-state index is -3.71. The number of sulfonamides is 1. The normalized spacial score (nSPS) is 11.7. The lowest BCUT2D eigenvalue weighted by atomic mass is 10.2. The molecule has 0 saturated carbocycles. The van der Waals surface area contributed by atoms with Gasteiger partial charge < -0.3 is 4.74 Å². The summed E-state index contributed by atoms with van der Waals surface area (Å²) in [5.41, 5.74) is 1.87. The summed E-state index contributed by atoms with van der Waals surface area (Å²) in [4.78, 5) is 5.86. The van der Waals surface area contributed by atoms with Crippen molar-refractivity contribution in [3.63, 3.8) is 0 Å². The van der Waals surface area contributed by atoms with Crippen LogP contribution in [0.3, 0.4) is 0 Å². The number of alkyl halides is 1. The molecule has 5 nitrogen and oxygen atoms in total. The van der Waals surface area contributed by atoms with Crippen LogP contribution in [0.5, 0.6) is 5.75 Å². The number of benzene rings is 2. The number of halogens is 1. The maximum absolute atomic E-state index is 12.8. The van der Waals surface area contributed by atoms with E-state index >= 15 is 0 Å². The molecular formula is C18H22BrNO4S. The predicted octanol–water partition coefficient (Wildman–Crippen LogP) is 3.91. The second-order valence-corrected chi connectivity index (χ2v) is 8.13. The van der Waals surface area contributed by atoms with Crippen LogP contribution >= 0.6 is 15.9 Å². The van der Waals surface area contributed by atoms with Crippen LogP contribution in [0.2, 0.25) is 0 Å². The Bertz CT molecular complexity index is 761. The molecule has 2 aromatic rings.